The fraction of sp³-hybridized carbons (Fsp3) is 0.429. The van der Waals surface area contributed by atoms with Gasteiger partial charge in [-0.3, -0.25) is 4.68 Å². The summed E-state index contributed by atoms with van der Waals surface area (Å²) < 4.78 is 7.85. The van der Waals surface area contributed by atoms with Crippen LogP contribution in [-0.4, -0.2) is 34.0 Å². The van der Waals surface area contributed by atoms with Crippen molar-refractivity contribution in [2.24, 2.45) is 7.05 Å². The molecule has 19 heavy (non-hydrogen) atoms. The Morgan fingerprint density at radius 1 is 1.37 bits per heavy atom. The van der Waals surface area contributed by atoms with E-state index in [1.54, 1.807) is 10.9 Å². The Bertz CT molecular complexity index is 546. The molecule has 0 bridgehead atoms. The van der Waals surface area contributed by atoms with Crippen molar-refractivity contribution < 1.29 is 4.74 Å². The number of pyridine rings is 1. The van der Waals surface area contributed by atoms with Gasteiger partial charge in [0.05, 0.1) is 6.20 Å². The van der Waals surface area contributed by atoms with Crippen LogP contribution in [0, 0.1) is 0 Å². The van der Waals surface area contributed by atoms with Crippen LogP contribution in [0.4, 0.5) is 0 Å². The van der Waals surface area contributed by atoms with E-state index in [9.17, 15) is 0 Å². The summed E-state index contributed by atoms with van der Waals surface area (Å²) in [6.45, 7) is 2.03. The van der Waals surface area contributed by atoms with E-state index >= 15 is 0 Å². The molecule has 1 fully saturated rings. The topological polar surface area (TPSA) is 52.0 Å². The number of piperidine rings is 1. The number of nitrogens with one attached hydrogen (secondary N) is 1. The molecule has 5 heteroatoms. The van der Waals surface area contributed by atoms with E-state index < -0.39 is 0 Å². The maximum absolute atomic E-state index is 6.06. The first-order valence-electron chi connectivity index (χ1n) is 6.64. The van der Waals surface area contributed by atoms with Gasteiger partial charge in [0.1, 0.15) is 6.10 Å². The molecule has 1 aliphatic heterocycles. The van der Waals surface area contributed by atoms with Gasteiger partial charge in [0, 0.05) is 30.6 Å². The van der Waals surface area contributed by atoms with E-state index in [2.05, 4.69) is 15.4 Å². The van der Waals surface area contributed by atoms with Crippen molar-refractivity contribution in [2.45, 2.75) is 18.9 Å². The second-order valence-corrected chi connectivity index (χ2v) is 4.83. The van der Waals surface area contributed by atoms with Gasteiger partial charge in [-0.25, -0.2) is 4.98 Å². The summed E-state index contributed by atoms with van der Waals surface area (Å²) in [6.07, 6.45) is 7.91. The average molecular weight is 258 g/mol. The Hall–Kier alpha value is -1.88. The highest BCUT2D eigenvalue weighted by Crippen LogP contribution is 2.28. The molecule has 1 N–H and O–H groups in total. The van der Waals surface area contributed by atoms with Crippen molar-refractivity contribution >= 4 is 0 Å². The molecule has 0 spiro atoms. The minimum absolute atomic E-state index is 0.256. The first-order chi connectivity index (χ1) is 9.33. The zero-order valence-electron chi connectivity index (χ0n) is 11.0. The SMILES string of the molecule is Cn1cc(-c2cccnc2OC2CCNCC2)cn1. The fourth-order valence-corrected chi connectivity index (χ4v) is 2.34. The molecule has 5 nitrogen and oxygen atoms in total. The highest BCUT2D eigenvalue weighted by Gasteiger charge is 2.17. The lowest BCUT2D eigenvalue weighted by molar-refractivity contribution is 0.157. The van der Waals surface area contributed by atoms with Crippen LogP contribution in [0.5, 0.6) is 5.88 Å². The molecular formula is C14H18N4O. The van der Waals surface area contributed by atoms with E-state index in [-0.39, 0.29) is 6.10 Å². The van der Waals surface area contributed by atoms with Gasteiger partial charge in [0.15, 0.2) is 0 Å². The molecule has 0 unspecified atom stereocenters. The van der Waals surface area contributed by atoms with Gasteiger partial charge < -0.3 is 10.1 Å². The second-order valence-electron chi connectivity index (χ2n) is 4.83. The molecule has 100 valence electrons. The van der Waals surface area contributed by atoms with E-state index in [1.165, 1.54) is 0 Å². The maximum atomic E-state index is 6.06. The third kappa shape index (κ3) is 2.76. The quantitative estimate of drug-likeness (QED) is 0.909. The highest BCUT2D eigenvalue weighted by molar-refractivity contribution is 5.66. The summed E-state index contributed by atoms with van der Waals surface area (Å²) in [5.74, 6) is 0.711. The molecule has 3 rings (SSSR count). The summed E-state index contributed by atoms with van der Waals surface area (Å²) in [6, 6.07) is 3.96. The van der Waals surface area contributed by atoms with Crippen molar-refractivity contribution in [2.75, 3.05) is 13.1 Å². The number of hydrogen-bond donors (Lipinski definition) is 1. The van der Waals surface area contributed by atoms with Crippen LogP contribution in [0.25, 0.3) is 11.1 Å². The van der Waals surface area contributed by atoms with E-state index in [1.807, 2.05) is 31.6 Å². The lowest BCUT2D eigenvalue weighted by Gasteiger charge is -2.24. The maximum Gasteiger partial charge on any atom is 0.221 e. The van der Waals surface area contributed by atoms with Crippen LogP contribution in [-0.2, 0) is 7.05 Å². The molecule has 0 amide bonds. The van der Waals surface area contributed by atoms with E-state index in [0.29, 0.717) is 5.88 Å². The summed E-state index contributed by atoms with van der Waals surface area (Å²) in [5, 5.41) is 7.54. The molecule has 0 saturated carbocycles. The standard InChI is InChI=1S/C14H18N4O/c1-18-10-11(9-17-18)13-3-2-6-16-14(13)19-12-4-7-15-8-5-12/h2-3,6,9-10,12,15H,4-5,7-8H2,1H3. The van der Waals surface area contributed by atoms with Crippen molar-refractivity contribution in [3.8, 4) is 17.0 Å². The first-order valence-corrected chi connectivity index (χ1v) is 6.64. The number of aryl methyl sites for hydroxylation is 1. The van der Waals surface area contributed by atoms with Crippen molar-refractivity contribution in [1.29, 1.82) is 0 Å². The Labute approximate surface area is 112 Å². The monoisotopic (exact) mass is 258 g/mol. The third-order valence-electron chi connectivity index (χ3n) is 3.35. The minimum atomic E-state index is 0.256. The van der Waals surface area contributed by atoms with Crippen LogP contribution in [0.3, 0.4) is 0 Å². The van der Waals surface area contributed by atoms with Gasteiger partial charge in [0.25, 0.3) is 0 Å². The molecule has 0 aromatic carbocycles. The van der Waals surface area contributed by atoms with Crippen LogP contribution in [0.2, 0.25) is 0 Å². The van der Waals surface area contributed by atoms with Crippen molar-refractivity contribution in [1.82, 2.24) is 20.1 Å². The zero-order valence-corrected chi connectivity index (χ0v) is 11.0. The van der Waals surface area contributed by atoms with Crippen LogP contribution in [0.1, 0.15) is 12.8 Å². The highest BCUT2D eigenvalue weighted by atomic mass is 16.5. The molecular weight excluding hydrogens is 240 g/mol. The lowest BCUT2D eigenvalue weighted by Crippen LogP contribution is -2.34. The number of nitrogens with zero attached hydrogens (tertiary/aromatic N) is 3. The van der Waals surface area contributed by atoms with Crippen LogP contribution >= 0.6 is 0 Å². The zero-order chi connectivity index (χ0) is 13.1. The number of ether oxygens (including phenoxy) is 1. The largest absolute Gasteiger partial charge is 0.474 e. The summed E-state index contributed by atoms with van der Waals surface area (Å²) in [5.41, 5.74) is 2.05. The van der Waals surface area contributed by atoms with E-state index in [0.717, 1.165) is 37.1 Å². The third-order valence-corrected chi connectivity index (χ3v) is 3.35. The minimum Gasteiger partial charge on any atom is -0.474 e. The normalized spacial score (nSPS) is 16.5. The summed E-state index contributed by atoms with van der Waals surface area (Å²) in [4.78, 5) is 4.38. The summed E-state index contributed by atoms with van der Waals surface area (Å²) in [7, 11) is 1.91. The van der Waals surface area contributed by atoms with Gasteiger partial charge in [0.2, 0.25) is 5.88 Å². The first kappa shape index (κ1) is 12.2. The summed E-state index contributed by atoms with van der Waals surface area (Å²) >= 11 is 0. The predicted octanol–water partition coefficient (Wildman–Crippen LogP) is 1.61. The van der Waals surface area contributed by atoms with Gasteiger partial charge >= 0.3 is 0 Å². The number of rotatable bonds is 3. The molecule has 0 aliphatic carbocycles. The van der Waals surface area contributed by atoms with Gasteiger partial charge in [-0.1, -0.05) is 0 Å². The molecule has 1 saturated heterocycles. The number of aromatic nitrogens is 3. The van der Waals surface area contributed by atoms with E-state index in [4.69, 9.17) is 4.74 Å². The van der Waals surface area contributed by atoms with Gasteiger partial charge in [-0.15, -0.1) is 0 Å². The average Bonchev–Trinajstić information content (AvgIpc) is 2.87. The molecule has 0 radical (unpaired) electrons. The molecule has 1 aliphatic rings. The Kier molecular flexibility index (Phi) is 3.46. The number of hydrogen-bond acceptors (Lipinski definition) is 4. The smallest absolute Gasteiger partial charge is 0.221 e. The Morgan fingerprint density at radius 2 is 2.21 bits per heavy atom. The van der Waals surface area contributed by atoms with Gasteiger partial charge in [-0.2, -0.15) is 5.10 Å². The molecule has 2 aromatic heterocycles. The Balaban J connectivity index is 1.84. The van der Waals surface area contributed by atoms with Gasteiger partial charge in [-0.05, 0) is 38.1 Å². The molecule has 3 heterocycles. The second kappa shape index (κ2) is 5.40. The van der Waals surface area contributed by atoms with Crippen LogP contribution < -0.4 is 10.1 Å². The molecule has 0 atom stereocenters. The van der Waals surface area contributed by atoms with Crippen molar-refractivity contribution in [3.05, 3.63) is 30.7 Å². The fourth-order valence-electron chi connectivity index (χ4n) is 2.34. The lowest BCUT2D eigenvalue weighted by atomic mass is 10.1. The van der Waals surface area contributed by atoms with Crippen LogP contribution in [0.15, 0.2) is 30.7 Å². The Morgan fingerprint density at radius 3 is 2.95 bits per heavy atom. The predicted molar refractivity (Wildman–Crippen MR) is 73.0 cm³/mol. The van der Waals surface area contributed by atoms with Crippen molar-refractivity contribution in [3.63, 3.8) is 0 Å². The molecule has 2 aromatic rings.